The number of nitrogen functional groups attached to an aromatic ring is 2. The topological polar surface area (TPSA) is 114 Å². The molecule has 1 fully saturated rings. The van der Waals surface area contributed by atoms with Crippen LogP contribution in [-0.2, 0) is 25.5 Å². The first-order valence-electron chi connectivity index (χ1n) is 13.4. The van der Waals surface area contributed by atoms with E-state index in [0.717, 1.165) is 49.8 Å². The molecule has 200 valence electrons. The minimum Gasteiger partial charge on any atom is -0.462 e. The Balaban J connectivity index is 1.35. The SMILES string of the molecule is CCCCCCOC1CCC(C(=O)Oc2ccc(C=CC(=O)OCCc3ccc(N)cc3N)cc2)CC1. The highest BCUT2D eigenvalue weighted by molar-refractivity contribution is 5.87. The molecule has 4 N–H and O–H groups in total. The second-order valence-corrected chi connectivity index (χ2v) is 9.60. The summed E-state index contributed by atoms with van der Waals surface area (Å²) in [7, 11) is 0. The highest BCUT2D eigenvalue weighted by Crippen LogP contribution is 2.28. The molecule has 7 heteroatoms. The van der Waals surface area contributed by atoms with E-state index in [0.29, 0.717) is 23.5 Å². The number of rotatable bonds is 13. The van der Waals surface area contributed by atoms with E-state index in [1.165, 1.54) is 25.3 Å². The molecular weight excluding hydrogens is 468 g/mol. The summed E-state index contributed by atoms with van der Waals surface area (Å²) in [6.07, 6.45) is 12.0. The van der Waals surface area contributed by atoms with Gasteiger partial charge in [0.25, 0.3) is 0 Å². The van der Waals surface area contributed by atoms with Crippen LogP contribution < -0.4 is 16.2 Å². The molecule has 1 aliphatic rings. The third-order valence-electron chi connectivity index (χ3n) is 6.66. The van der Waals surface area contributed by atoms with Gasteiger partial charge in [0, 0.05) is 30.5 Å². The van der Waals surface area contributed by atoms with Gasteiger partial charge in [0.05, 0.1) is 18.6 Å². The summed E-state index contributed by atoms with van der Waals surface area (Å²) in [5, 5.41) is 0. The first-order valence-corrected chi connectivity index (χ1v) is 13.4. The van der Waals surface area contributed by atoms with Crippen molar-refractivity contribution in [3.05, 3.63) is 59.7 Å². The first-order chi connectivity index (χ1) is 17.9. The minimum atomic E-state index is -0.440. The van der Waals surface area contributed by atoms with Crippen LogP contribution in [0.3, 0.4) is 0 Å². The zero-order chi connectivity index (χ0) is 26.5. The van der Waals surface area contributed by atoms with Gasteiger partial charge in [-0.2, -0.15) is 0 Å². The Hall–Kier alpha value is -3.32. The largest absolute Gasteiger partial charge is 0.462 e. The van der Waals surface area contributed by atoms with Crippen LogP contribution in [0.25, 0.3) is 6.08 Å². The Morgan fingerprint density at radius 2 is 1.70 bits per heavy atom. The lowest BCUT2D eigenvalue weighted by Crippen LogP contribution is -2.29. The summed E-state index contributed by atoms with van der Waals surface area (Å²) in [5.74, 6) is -0.210. The monoisotopic (exact) mass is 508 g/mol. The smallest absolute Gasteiger partial charge is 0.330 e. The van der Waals surface area contributed by atoms with Gasteiger partial charge in [-0.25, -0.2) is 4.79 Å². The van der Waals surface area contributed by atoms with Crippen molar-refractivity contribution < 1.29 is 23.8 Å². The lowest BCUT2D eigenvalue weighted by Gasteiger charge is -2.27. The van der Waals surface area contributed by atoms with E-state index in [9.17, 15) is 9.59 Å². The Morgan fingerprint density at radius 1 is 0.946 bits per heavy atom. The Kier molecular flexibility index (Phi) is 11.5. The quantitative estimate of drug-likeness (QED) is 0.117. The third-order valence-corrected chi connectivity index (χ3v) is 6.66. The number of hydrogen-bond donors (Lipinski definition) is 2. The van der Waals surface area contributed by atoms with E-state index < -0.39 is 5.97 Å². The van der Waals surface area contributed by atoms with Crippen molar-refractivity contribution in [2.45, 2.75) is 70.8 Å². The average Bonchev–Trinajstić information content (AvgIpc) is 2.90. The number of carbonyl (C=O) groups is 2. The van der Waals surface area contributed by atoms with Crippen molar-refractivity contribution >= 4 is 29.4 Å². The fourth-order valence-corrected chi connectivity index (χ4v) is 4.41. The van der Waals surface area contributed by atoms with Crippen LogP contribution in [0.1, 0.15) is 69.4 Å². The van der Waals surface area contributed by atoms with E-state index in [-0.39, 0.29) is 24.6 Å². The van der Waals surface area contributed by atoms with Crippen LogP contribution in [0.2, 0.25) is 0 Å². The second-order valence-electron chi connectivity index (χ2n) is 9.60. The molecule has 0 bridgehead atoms. The number of hydrogen-bond acceptors (Lipinski definition) is 7. The molecule has 0 amide bonds. The standard InChI is InChI=1S/C30H40N2O5/c1-2-3-4-5-19-35-26-15-10-24(11-16-26)30(34)37-27-13-6-22(7-14-27)8-17-29(33)36-20-18-23-9-12-25(31)21-28(23)32/h6-9,12-14,17,21,24,26H,2-5,10-11,15-16,18-20,31-32H2,1H3. The maximum atomic E-state index is 12.6. The summed E-state index contributed by atoms with van der Waals surface area (Å²) in [4.78, 5) is 24.6. The van der Waals surface area contributed by atoms with Crippen molar-refractivity contribution in [1.82, 2.24) is 0 Å². The average molecular weight is 509 g/mol. The van der Waals surface area contributed by atoms with Crippen LogP contribution in [0.15, 0.2) is 48.5 Å². The molecule has 0 atom stereocenters. The normalized spacial score (nSPS) is 17.5. The molecule has 0 radical (unpaired) electrons. The number of unbranched alkanes of at least 4 members (excludes halogenated alkanes) is 3. The van der Waals surface area contributed by atoms with Gasteiger partial charge in [-0.05, 0) is 73.6 Å². The van der Waals surface area contributed by atoms with Crippen LogP contribution >= 0.6 is 0 Å². The molecular formula is C30H40N2O5. The van der Waals surface area contributed by atoms with Crippen LogP contribution in [0.4, 0.5) is 11.4 Å². The summed E-state index contributed by atoms with van der Waals surface area (Å²) in [5.41, 5.74) is 14.5. The molecule has 0 unspecified atom stereocenters. The van der Waals surface area contributed by atoms with Crippen LogP contribution in [0.5, 0.6) is 5.75 Å². The van der Waals surface area contributed by atoms with Crippen molar-refractivity contribution in [3.8, 4) is 5.75 Å². The second kappa shape index (κ2) is 15.1. The molecule has 37 heavy (non-hydrogen) atoms. The third kappa shape index (κ3) is 9.92. The van der Waals surface area contributed by atoms with E-state index in [2.05, 4.69) is 6.92 Å². The number of anilines is 2. The Labute approximate surface area is 220 Å². The van der Waals surface area contributed by atoms with E-state index in [1.807, 2.05) is 6.07 Å². The number of carbonyl (C=O) groups excluding carboxylic acids is 2. The number of nitrogens with two attached hydrogens (primary N) is 2. The zero-order valence-electron chi connectivity index (χ0n) is 21.8. The zero-order valence-corrected chi connectivity index (χ0v) is 21.8. The lowest BCUT2D eigenvalue weighted by atomic mass is 9.87. The van der Waals surface area contributed by atoms with Crippen molar-refractivity contribution in [2.24, 2.45) is 5.92 Å². The molecule has 2 aromatic carbocycles. The molecule has 7 nitrogen and oxygen atoms in total. The van der Waals surface area contributed by atoms with Gasteiger partial charge >= 0.3 is 11.9 Å². The van der Waals surface area contributed by atoms with Crippen molar-refractivity contribution in [3.63, 3.8) is 0 Å². The molecule has 0 aliphatic heterocycles. The fraction of sp³-hybridized carbons (Fsp3) is 0.467. The molecule has 1 saturated carbocycles. The van der Waals surface area contributed by atoms with Crippen molar-refractivity contribution in [1.29, 1.82) is 0 Å². The molecule has 0 heterocycles. The maximum Gasteiger partial charge on any atom is 0.330 e. The van der Waals surface area contributed by atoms with Crippen molar-refractivity contribution in [2.75, 3.05) is 24.7 Å². The Bertz CT molecular complexity index is 1030. The summed E-state index contributed by atoms with van der Waals surface area (Å²) in [6.45, 7) is 3.24. The minimum absolute atomic E-state index is 0.0853. The molecule has 3 rings (SSSR count). The van der Waals surface area contributed by atoms with Gasteiger partial charge in [-0.3, -0.25) is 4.79 Å². The maximum absolute atomic E-state index is 12.6. The van der Waals surface area contributed by atoms with Crippen LogP contribution in [0, 0.1) is 5.92 Å². The highest BCUT2D eigenvalue weighted by Gasteiger charge is 2.28. The number of benzene rings is 2. The summed E-state index contributed by atoms with van der Waals surface area (Å²) >= 11 is 0. The Morgan fingerprint density at radius 3 is 2.41 bits per heavy atom. The number of esters is 2. The summed E-state index contributed by atoms with van der Waals surface area (Å²) in [6, 6.07) is 12.4. The molecule has 1 aliphatic carbocycles. The van der Waals surface area contributed by atoms with Gasteiger partial charge in [-0.1, -0.05) is 44.4 Å². The lowest BCUT2D eigenvalue weighted by molar-refractivity contribution is -0.141. The van der Waals surface area contributed by atoms with Gasteiger partial charge in [0.2, 0.25) is 0 Å². The molecule has 0 saturated heterocycles. The molecule has 0 spiro atoms. The summed E-state index contributed by atoms with van der Waals surface area (Å²) < 4.78 is 16.8. The van der Waals surface area contributed by atoms with Gasteiger partial charge in [0.1, 0.15) is 5.75 Å². The predicted octanol–water partition coefficient (Wildman–Crippen LogP) is 5.71. The van der Waals surface area contributed by atoms with Crippen LogP contribution in [-0.4, -0.2) is 31.3 Å². The van der Waals surface area contributed by atoms with Gasteiger partial charge < -0.3 is 25.7 Å². The number of ether oxygens (including phenoxy) is 3. The van der Waals surface area contributed by atoms with Gasteiger partial charge in [0.15, 0.2) is 0 Å². The molecule has 0 aromatic heterocycles. The molecule has 2 aromatic rings. The van der Waals surface area contributed by atoms with Gasteiger partial charge in [-0.15, -0.1) is 0 Å². The van der Waals surface area contributed by atoms with E-state index in [4.69, 9.17) is 25.7 Å². The van der Waals surface area contributed by atoms with E-state index >= 15 is 0 Å². The van der Waals surface area contributed by atoms with E-state index in [1.54, 1.807) is 42.5 Å². The highest BCUT2D eigenvalue weighted by atomic mass is 16.5. The first kappa shape index (κ1) is 28.3. The predicted molar refractivity (Wildman–Crippen MR) is 147 cm³/mol. The fourth-order valence-electron chi connectivity index (χ4n) is 4.41.